The second kappa shape index (κ2) is 8.32. The van der Waals surface area contributed by atoms with Gasteiger partial charge in [0, 0.05) is 23.6 Å². The molecule has 1 aromatic carbocycles. The molecular formula is C24H22ClFN7O+. The SMILES string of the molecule is O=C(Nc1cccc(-c2n[nH]c3[n+]2CCCC3)n1)c1cc(-n2cnc(C3CC3)c2)c(Cl)cc1F. The zero-order valence-electron chi connectivity index (χ0n) is 18.3. The first-order chi connectivity index (χ1) is 16.6. The average molecular weight is 479 g/mol. The molecule has 4 heterocycles. The van der Waals surface area contributed by atoms with Crippen molar-refractivity contribution in [2.24, 2.45) is 0 Å². The van der Waals surface area contributed by atoms with Crippen molar-refractivity contribution in [3.8, 4) is 17.2 Å². The first-order valence-electron chi connectivity index (χ1n) is 11.4. The number of hydrogen-bond donors (Lipinski definition) is 2. The number of imidazole rings is 1. The van der Waals surface area contributed by atoms with E-state index in [2.05, 4.69) is 30.0 Å². The molecule has 1 amide bonds. The zero-order valence-corrected chi connectivity index (χ0v) is 19.0. The van der Waals surface area contributed by atoms with Crippen molar-refractivity contribution < 1.29 is 13.8 Å². The molecule has 10 heteroatoms. The van der Waals surface area contributed by atoms with Crippen LogP contribution in [-0.2, 0) is 13.0 Å². The molecule has 0 spiro atoms. The van der Waals surface area contributed by atoms with Crippen LogP contribution in [0.4, 0.5) is 10.2 Å². The lowest BCUT2D eigenvalue weighted by Crippen LogP contribution is -2.41. The summed E-state index contributed by atoms with van der Waals surface area (Å²) in [6, 6.07) is 7.88. The van der Waals surface area contributed by atoms with Crippen LogP contribution in [0.5, 0.6) is 0 Å². The van der Waals surface area contributed by atoms with Crippen molar-refractivity contribution in [2.75, 3.05) is 5.32 Å². The predicted molar refractivity (Wildman–Crippen MR) is 123 cm³/mol. The molecule has 1 aliphatic carbocycles. The molecule has 1 aliphatic heterocycles. The van der Waals surface area contributed by atoms with Gasteiger partial charge in [0.05, 0.1) is 34.8 Å². The Bertz CT molecular complexity index is 1410. The third kappa shape index (κ3) is 3.86. The van der Waals surface area contributed by atoms with Gasteiger partial charge in [0.1, 0.15) is 17.3 Å². The Morgan fingerprint density at radius 3 is 3.00 bits per heavy atom. The van der Waals surface area contributed by atoms with Gasteiger partial charge in [-0.15, -0.1) is 5.10 Å². The molecule has 0 saturated heterocycles. The van der Waals surface area contributed by atoms with Crippen LogP contribution in [0.2, 0.25) is 5.02 Å². The summed E-state index contributed by atoms with van der Waals surface area (Å²) < 4.78 is 18.6. The van der Waals surface area contributed by atoms with Crippen molar-refractivity contribution in [1.82, 2.24) is 24.7 Å². The van der Waals surface area contributed by atoms with Crippen LogP contribution >= 0.6 is 11.6 Å². The molecule has 3 aromatic heterocycles. The molecule has 8 nitrogen and oxygen atoms in total. The van der Waals surface area contributed by atoms with Gasteiger partial charge in [-0.2, -0.15) is 0 Å². The van der Waals surface area contributed by atoms with Crippen LogP contribution in [0.3, 0.4) is 0 Å². The Hall–Kier alpha value is -3.59. The number of carbonyl (C=O) groups is 1. The number of nitrogens with one attached hydrogen (secondary N) is 2. The normalized spacial score (nSPS) is 15.2. The summed E-state index contributed by atoms with van der Waals surface area (Å²) in [4.78, 5) is 22.0. The van der Waals surface area contributed by atoms with E-state index in [0.29, 0.717) is 23.1 Å². The fourth-order valence-electron chi connectivity index (χ4n) is 4.34. The molecule has 0 atom stereocenters. The molecule has 1 fully saturated rings. The lowest BCUT2D eigenvalue weighted by molar-refractivity contribution is -0.699. The van der Waals surface area contributed by atoms with Gasteiger partial charge in [-0.05, 0) is 49.9 Å². The molecule has 0 bridgehead atoms. The number of aromatic nitrogens is 6. The van der Waals surface area contributed by atoms with Crippen molar-refractivity contribution in [1.29, 1.82) is 0 Å². The van der Waals surface area contributed by atoms with Gasteiger partial charge in [-0.3, -0.25) is 4.79 Å². The van der Waals surface area contributed by atoms with Gasteiger partial charge >= 0.3 is 5.82 Å². The molecule has 2 N–H and O–H groups in total. The highest BCUT2D eigenvalue weighted by Gasteiger charge is 2.27. The van der Waals surface area contributed by atoms with E-state index in [-0.39, 0.29) is 10.6 Å². The molecule has 4 aromatic rings. The number of carbonyl (C=O) groups excluding carboxylic acids is 1. The number of aromatic amines is 1. The minimum absolute atomic E-state index is 0.125. The summed E-state index contributed by atoms with van der Waals surface area (Å²) in [5.41, 5.74) is 1.98. The van der Waals surface area contributed by atoms with E-state index in [4.69, 9.17) is 11.6 Å². The first kappa shape index (κ1) is 21.0. The summed E-state index contributed by atoms with van der Waals surface area (Å²) >= 11 is 6.30. The van der Waals surface area contributed by atoms with Crippen LogP contribution in [0.15, 0.2) is 42.9 Å². The summed E-state index contributed by atoms with van der Waals surface area (Å²) in [5, 5.41) is 10.4. The van der Waals surface area contributed by atoms with Gasteiger partial charge in [-0.25, -0.2) is 18.9 Å². The Balaban J connectivity index is 1.27. The Morgan fingerprint density at radius 2 is 2.15 bits per heavy atom. The highest BCUT2D eigenvalue weighted by atomic mass is 35.5. The number of pyridine rings is 1. The van der Waals surface area contributed by atoms with E-state index in [0.717, 1.165) is 62.1 Å². The Morgan fingerprint density at radius 1 is 1.26 bits per heavy atom. The zero-order chi connectivity index (χ0) is 23.2. The van der Waals surface area contributed by atoms with Crippen LogP contribution < -0.4 is 9.88 Å². The van der Waals surface area contributed by atoms with E-state index in [1.165, 1.54) is 6.07 Å². The minimum Gasteiger partial charge on any atom is -0.306 e. The average Bonchev–Trinajstić information content (AvgIpc) is 3.41. The summed E-state index contributed by atoms with van der Waals surface area (Å²) in [6.07, 6.45) is 8.91. The number of H-pyrrole nitrogens is 1. The van der Waals surface area contributed by atoms with Crippen molar-refractivity contribution in [3.63, 3.8) is 0 Å². The summed E-state index contributed by atoms with van der Waals surface area (Å²) in [6.45, 7) is 0.870. The number of halogens is 2. The number of anilines is 1. The van der Waals surface area contributed by atoms with Gasteiger partial charge in [0.2, 0.25) is 5.82 Å². The van der Waals surface area contributed by atoms with E-state index in [1.807, 2.05) is 12.3 Å². The fourth-order valence-corrected chi connectivity index (χ4v) is 4.59. The number of aryl methyl sites for hydroxylation is 1. The van der Waals surface area contributed by atoms with Crippen LogP contribution in [0.25, 0.3) is 17.2 Å². The van der Waals surface area contributed by atoms with Crippen molar-refractivity contribution in [2.45, 2.75) is 44.6 Å². The van der Waals surface area contributed by atoms with Crippen LogP contribution in [0, 0.1) is 5.82 Å². The van der Waals surface area contributed by atoms with Gasteiger partial charge in [0.25, 0.3) is 5.91 Å². The predicted octanol–water partition coefficient (Wildman–Crippen LogP) is 4.20. The molecule has 6 rings (SSSR count). The maximum Gasteiger partial charge on any atom is 0.327 e. The molecular weight excluding hydrogens is 457 g/mol. The van der Waals surface area contributed by atoms with Crippen molar-refractivity contribution in [3.05, 3.63) is 70.8 Å². The van der Waals surface area contributed by atoms with E-state index in [9.17, 15) is 9.18 Å². The highest BCUT2D eigenvalue weighted by Crippen LogP contribution is 2.39. The summed E-state index contributed by atoms with van der Waals surface area (Å²) in [7, 11) is 0. The van der Waals surface area contributed by atoms with Crippen molar-refractivity contribution >= 4 is 23.3 Å². The van der Waals surface area contributed by atoms with E-state index in [1.54, 1.807) is 23.0 Å². The monoisotopic (exact) mass is 478 g/mol. The van der Waals surface area contributed by atoms with Gasteiger partial charge in [-0.1, -0.05) is 17.7 Å². The van der Waals surface area contributed by atoms with Crippen LogP contribution in [0.1, 0.15) is 53.5 Å². The number of rotatable bonds is 5. The largest absolute Gasteiger partial charge is 0.327 e. The second-order valence-corrected chi connectivity index (χ2v) is 9.14. The Labute approximate surface area is 199 Å². The molecule has 0 unspecified atom stereocenters. The van der Waals surface area contributed by atoms with Gasteiger partial charge < -0.3 is 9.88 Å². The topological polar surface area (TPSA) is 92.4 Å². The Kier molecular flexibility index (Phi) is 5.13. The lowest BCUT2D eigenvalue weighted by Gasteiger charge is -2.11. The number of nitrogens with zero attached hydrogens (tertiary/aromatic N) is 5. The maximum atomic E-state index is 14.7. The molecule has 0 radical (unpaired) electrons. The number of hydrogen-bond acceptors (Lipinski definition) is 4. The molecule has 1 saturated carbocycles. The quantitative estimate of drug-likeness (QED) is 0.420. The minimum atomic E-state index is -0.707. The van der Waals surface area contributed by atoms with E-state index >= 15 is 0 Å². The molecule has 2 aliphatic rings. The van der Waals surface area contributed by atoms with E-state index < -0.39 is 11.7 Å². The third-order valence-electron chi connectivity index (χ3n) is 6.29. The second-order valence-electron chi connectivity index (χ2n) is 8.73. The van der Waals surface area contributed by atoms with Gasteiger partial charge in [0.15, 0.2) is 0 Å². The lowest BCUT2D eigenvalue weighted by atomic mass is 10.1. The first-order valence-corrected chi connectivity index (χ1v) is 11.7. The van der Waals surface area contributed by atoms with Crippen LogP contribution in [-0.4, -0.2) is 30.6 Å². The smallest absolute Gasteiger partial charge is 0.306 e. The fraction of sp³-hybridized carbons (Fsp3) is 0.292. The standard InChI is InChI=1S/C24H21ClFN7O/c25-16-11-17(26)15(10-20(16)32-12-19(27-13-32)14-7-8-14)24(34)29-21-5-3-4-18(28-21)23-31-30-22-6-1-2-9-33(22)23/h3-5,10-14H,1-2,6-9H2,(H,28,29,34)/p+1. The number of benzene rings is 1. The maximum absolute atomic E-state index is 14.7. The third-order valence-corrected chi connectivity index (χ3v) is 6.60. The summed E-state index contributed by atoms with van der Waals surface area (Å²) in [5.74, 6) is 1.25. The number of fused-ring (bicyclic) bond motifs is 1. The molecule has 172 valence electrons. The highest BCUT2D eigenvalue weighted by molar-refractivity contribution is 6.32. The number of amides is 1. The molecule has 34 heavy (non-hydrogen) atoms.